The van der Waals surface area contributed by atoms with Crippen LogP contribution in [0.15, 0.2) is 65.0 Å². The Morgan fingerprint density at radius 2 is 2.04 bits per heavy atom. The number of benzene rings is 2. The molecule has 2 aromatic carbocycles. The molecule has 1 fully saturated rings. The van der Waals surface area contributed by atoms with Crippen molar-refractivity contribution < 1.29 is 18.3 Å². The lowest BCUT2D eigenvalue weighted by Gasteiger charge is -2.12. The monoisotopic (exact) mass is 400 g/mol. The van der Waals surface area contributed by atoms with Gasteiger partial charge in [-0.05, 0) is 43.0 Å². The van der Waals surface area contributed by atoms with Crippen molar-refractivity contribution in [3.63, 3.8) is 0 Å². The smallest absolute Gasteiger partial charge is 0.266 e. The van der Waals surface area contributed by atoms with Gasteiger partial charge >= 0.3 is 0 Å². The van der Waals surface area contributed by atoms with Crippen molar-refractivity contribution >= 4 is 34.6 Å². The first-order valence-corrected chi connectivity index (χ1v) is 9.43. The molecule has 0 spiro atoms. The average Bonchev–Trinajstić information content (AvgIpc) is 2.97. The molecule has 0 radical (unpaired) electrons. The quantitative estimate of drug-likeness (QED) is 0.497. The number of para-hydroxylation sites is 1. The van der Waals surface area contributed by atoms with Crippen LogP contribution in [0.25, 0.3) is 6.08 Å². The van der Waals surface area contributed by atoms with Crippen LogP contribution in [0.3, 0.4) is 0 Å². The second-order valence-electron chi connectivity index (χ2n) is 5.79. The van der Waals surface area contributed by atoms with Crippen molar-refractivity contribution in [2.24, 2.45) is 4.99 Å². The third-order valence-corrected chi connectivity index (χ3v) is 4.90. The van der Waals surface area contributed by atoms with E-state index in [4.69, 9.17) is 4.74 Å². The molecule has 3 rings (SSSR count). The Morgan fingerprint density at radius 1 is 1.25 bits per heavy atom. The summed E-state index contributed by atoms with van der Waals surface area (Å²) in [5, 5.41) is 0.341. The highest BCUT2D eigenvalue weighted by Crippen LogP contribution is 2.35. The topological polar surface area (TPSA) is 41.9 Å². The van der Waals surface area contributed by atoms with Crippen LogP contribution in [0, 0.1) is 11.6 Å². The van der Waals surface area contributed by atoms with Gasteiger partial charge in [0.2, 0.25) is 0 Å². The Morgan fingerprint density at radius 3 is 2.75 bits per heavy atom. The van der Waals surface area contributed by atoms with E-state index in [9.17, 15) is 13.6 Å². The maximum Gasteiger partial charge on any atom is 0.266 e. The lowest BCUT2D eigenvalue weighted by Crippen LogP contribution is -2.28. The van der Waals surface area contributed by atoms with Crippen LogP contribution in [-0.2, 0) is 4.79 Å². The number of carbonyl (C=O) groups is 1. The number of nitrogens with zero attached hydrogens (tertiary/aromatic N) is 2. The Bertz CT molecular complexity index is 973. The normalized spacial score (nSPS) is 16.8. The summed E-state index contributed by atoms with van der Waals surface area (Å²) in [7, 11) is 0. The number of rotatable bonds is 6. The molecular formula is C21H18F2N2O2S. The van der Waals surface area contributed by atoms with E-state index in [-0.39, 0.29) is 11.6 Å². The van der Waals surface area contributed by atoms with Gasteiger partial charge in [-0.3, -0.25) is 9.69 Å². The first-order valence-electron chi connectivity index (χ1n) is 8.61. The van der Waals surface area contributed by atoms with E-state index < -0.39 is 11.6 Å². The first-order chi connectivity index (χ1) is 13.5. The van der Waals surface area contributed by atoms with Crippen molar-refractivity contribution in [2.75, 3.05) is 13.2 Å². The van der Waals surface area contributed by atoms with E-state index in [1.807, 2.05) is 18.2 Å². The fourth-order valence-corrected chi connectivity index (χ4v) is 3.61. The molecule has 0 aromatic heterocycles. The van der Waals surface area contributed by atoms with Crippen molar-refractivity contribution in [3.05, 3.63) is 77.2 Å². The number of likely N-dealkylation sites (N-methyl/N-ethyl adjacent to an activating group) is 1. The molecular weight excluding hydrogens is 382 g/mol. The third kappa shape index (κ3) is 4.31. The molecule has 1 aliphatic heterocycles. The Hall–Kier alpha value is -2.93. The molecule has 0 atom stereocenters. The summed E-state index contributed by atoms with van der Waals surface area (Å²) < 4.78 is 32.7. The second kappa shape index (κ2) is 8.84. The molecule has 28 heavy (non-hydrogen) atoms. The zero-order chi connectivity index (χ0) is 20.1. The van der Waals surface area contributed by atoms with E-state index >= 15 is 0 Å². The van der Waals surface area contributed by atoms with E-state index in [2.05, 4.69) is 11.6 Å². The fourth-order valence-electron chi connectivity index (χ4n) is 2.57. The molecule has 1 aliphatic rings. The van der Waals surface area contributed by atoms with Crippen molar-refractivity contribution in [2.45, 2.75) is 6.92 Å². The summed E-state index contributed by atoms with van der Waals surface area (Å²) in [6.07, 6.45) is 3.36. The number of hydrogen-bond acceptors (Lipinski definition) is 4. The molecule has 0 bridgehead atoms. The van der Waals surface area contributed by atoms with Crippen LogP contribution < -0.4 is 4.74 Å². The van der Waals surface area contributed by atoms with Crippen molar-refractivity contribution in [3.8, 4) is 5.75 Å². The van der Waals surface area contributed by atoms with Gasteiger partial charge in [0, 0.05) is 18.2 Å². The Labute approximate surface area is 166 Å². The van der Waals surface area contributed by atoms with Crippen LogP contribution in [0.5, 0.6) is 5.75 Å². The standard InChI is InChI=1S/C21H18F2N2O2S/c1-3-11-27-18-8-6-5-7-14(18)12-19-20(26)25(4-2)21(28-19)24-17-10-9-15(22)13-16(17)23/h3,5-10,12-13H,1,4,11H2,2H3/b19-12+,24-21?. The van der Waals surface area contributed by atoms with Gasteiger partial charge in [0.25, 0.3) is 5.91 Å². The summed E-state index contributed by atoms with van der Waals surface area (Å²) in [5.41, 5.74) is 0.719. The number of amides is 1. The summed E-state index contributed by atoms with van der Waals surface area (Å²) >= 11 is 1.14. The number of aliphatic imine (C=N–C) groups is 1. The summed E-state index contributed by atoms with van der Waals surface area (Å²) in [5.74, 6) is -1.06. The van der Waals surface area contributed by atoms with Crippen LogP contribution in [0.1, 0.15) is 12.5 Å². The van der Waals surface area contributed by atoms with Gasteiger partial charge in [-0.15, -0.1) is 0 Å². The summed E-state index contributed by atoms with van der Waals surface area (Å²) in [6.45, 7) is 6.15. The minimum atomic E-state index is -0.780. The minimum Gasteiger partial charge on any atom is -0.489 e. The van der Waals surface area contributed by atoms with Gasteiger partial charge in [-0.25, -0.2) is 13.8 Å². The summed E-state index contributed by atoms with van der Waals surface area (Å²) in [6, 6.07) is 10.5. The maximum absolute atomic E-state index is 13.9. The third-order valence-electron chi connectivity index (χ3n) is 3.89. The number of carbonyl (C=O) groups excluding carboxylic acids is 1. The van der Waals surface area contributed by atoms with Gasteiger partial charge in [0.05, 0.1) is 4.91 Å². The molecule has 1 heterocycles. The molecule has 0 unspecified atom stereocenters. The van der Waals surface area contributed by atoms with Crippen LogP contribution in [0.2, 0.25) is 0 Å². The highest BCUT2D eigenvalue weighted by atomic mass is 32.2. The Balaban J connectivity index is 1.95. The van der Waals surface area contributed by atoms with E-state index in [0.29, 0.717) is 29.0 Å². The largest absolute Gasteiger partial charge is 0.489 e. The highest BCUT2D eigenvalue weighted by molar-refractivity contribution is 8.18. The molecule has 0 aliphatic carbocycles. The number of ether oxygens (including phenoxy) is 1. The van der Waals surface area contributed by atoms with E-state index in [1.165, 1.54) is 11.0 Å². The Kier molecular flexibility index (Phi) is 6.26. The summed E-state index contributed by atoms with van der Waals surface area (Å²) in [4.78, 5) is 18.9. The number of amidine groups is 1. The minimum absolute atomic E-state index is 0.0221. The predicted molar refractivity (Wildman–Crippen MR) is 109 cm³/mol. The van der Waals surface area contributed by atoms with Crippen LogP contribution >= 0.6 is 11.8 Å². The molecule has 0 N–H and O–H groups in total. The molecule has 7 heteroatoms. The fraction of sp³-hybridized carbons (Fsp3) is 0.143. The zero-order valence-corrected chi connectivity index (χ0v) is 16.0. The molecule has 144 valence electrons. The van der Waals surface area contributed by atoms with Crippen LogP contribution in [-0.4, -0.2) is 29.1 Å². The molecule has 1 saturated heterocycles. The van der Waals surface area contributed by atoms with Crippen molar-refractivity contribution in [1.29, 1.82) is 0 Å². The van der Waals surface area contributed by atoms with Gasteiger partial charge in [-0.1, -0.05) is 30.9 Å². The van der Waals surface area contributed by atoms with Gasteiger partial charge in [0.1, 0.15) is 23.9 Å². The number of thioether (sulfide) groups is 1. The number of hydrogen-bond donors (Lipinski definition) is 0. The predicted octanol–water partition coefficient (Wildman–Crippen LogP) is 5.15. The van der Waals surface area contributed by atoms with Gasteiger partial charge in [-0.2, -0.15) is 0 Å². The molecule has 0 saturated carbocycles. The molecule has 2 aromatic rings. The zero-order valence-electron chi connectivity index (χ0n) is 15.2. The SMILES string of the molecule is C=CCOc1ccccc1/C=C1/SC(=Nc2ccc(F)cc2F)N(CC)C1=O. The maximum atomic E-state index is 13.9. The van der Waals surface area contributed by atoms with E-state index in [1.54, 1.807) is 25.1 Å². The molecule has 1 amide bonds. The van der Waals surface area contributed by atoms with Crippen molar-refractivity contribution in [1.82, 2.24) is 4.90 Å². The van der Waals surface area contributed by atoms with E-state index in [0.717, 1.165) is 29.5 Å². The lowest BCUT2D eigenvalue weighted by molar-refractivity contribution is -0.122. The van der Waals surface area contributed by atoms with Crippen LogP contribution in [0.4, 0.5) is 14.5 Å². The highest BCUT2D eigenvalue weighted by Gasteiger charge is 2.32. The second-order valence-corrected chi connectivity index (χ2v) is 6.80. The van der Waals surface area contributed by atoms with Gasteiger partial charge in [0.15, 0.2) is 11.0 Å². The first kappa shape index (κ1) is 19.8. The van der Waals surface area contributed by atoms with Gasteiger partial charge < -0.3 is 4.74 Å². The average molecular weight is 400 g/mol. The number of halogens is 2. The lowest BCUT2D eigenvalue weighted by atomic mass is 10.2. The molecule has 4 nitrogen and oxygen atoms in total.